The minimum absolute atomic E-state index is 0.0858. The van der Waals surface area contributed by atoms with Crippen molar-refractivity contribution in [2.75, 3.05) is 25.0 Å². The molecule has 2 aliphatic heterocycles. The van der Waals surface area contributed by atoms with Crippen LogP contribution in [0.1, 0.15) is 24.8 Å². The summed E-state index contributed by atoms with van der Waals surface area (Å²) in [5.74, 6) is -0.0858. The first-order chi connectivity index (χ1) is 9.19. The van der Waals surface area contributed by atoms with Crippen LogP contribution in [0.5, 0.6) is 0 Å². The van der Waals surface area contributed by atoms with Gasteiger partial charge in [0, 0.05) is 30.5 Å². The third kappa shape index (κ3) is 2.52. The van der Waals surface area contributed by atoms with Crippen LogP contribution in [0.2, 0.25) is 0 Å². The molecule has 19 heavy (non-hydrogen) atoms. The predicted octanol–water partition coefficient (Wildman–Crippen LogP) is 3.39. The van der Waals surface area contributed by atoms with Gasteiger partial charge in [0.05, 0.1) is 5.69 Å². The average molecular weight is 327 g/mol. The molecule has 2 fully saturated rings. The molecule has 0 radical (unpaired) electrons. The first-order valence-electron chi connectivity index (χ1n) is 7.00. The summed E-state index contributed by atoms with van der Waals surface area (Å²) in [5.41, 5.74) is 1.76. The van der Waals surface area contributed by atoms with Gasteiger partial charge in [0.25, 0.3) is 0 Å². The summed E-state index contributed by atoms with van der Waals surface area (Å²) >= 11 is 3.37. The molecule has 4 heteroatoms. The fraction of sp³-hybridized carbons (Fsp3) is 0.600. The third-order valence-electron chi connectivity index (χ3n) is 4.66. The van der Waals surface area contributed by atoms with Gasteiger partial charge in [-0.2, -0.15) is 0 Å². The van der Waals surface area contributed by atoms with Crippen LogP contribution in [0.4, 0.5) is 10.1 Å². The fourth-order valence-electron chi connectivity index (χ4n) is 3.42. The van der Waals surface area contributed by atoms with Crippen LogP contribution >= 0.6 is 15.9 Å². The molecule has 0 saturated carbocycles. The van der Waals surface area contributed by atoms with E-state index < -0.39 is 0 Å². The topological polar surface area (TPSA) is 6.48 Å². The Hall–Kier alpha value is -0.610. The van der Waals surface area contributed by atoms with Gasteiger partial charge in [0.15, 0.2) is 0 Å². The van der Waals surface area contributed by atoms with Crippen LogP contribution in [-0.4, -0.2) is 37.1 Å². The zero-order valence-corrected chi connectivity index (χ0v) is 12.9. The van der Waals surface area contributed by atoms with Gasteiger partial charge in [0.1, 0.15) is 5.82 Å². The summed E-state index contributed by atoms with van der Waals surface area (Å²) in [6.45, 7) is 1.92. The molecule has 2 bridgehead atoms. The molecule has 1 aromatic carbocycles. The first-order valence-corrected chi connectivity index (χ1v) is 8.12. The molecule has 2 saturated heterocycles. The second-order valence-electron chi connectivity index (χ2n) is 5.70. The van der Waals surface area contributed by atoms with Gasteiger partial charge in [-0.1, -0.05) is 22.0 Å². The standard InChI is InChI=1S/C15H20BrFN2/c1-18-12-3-4-13(18)10-19(7-6-12)15-5-2-11(9-16)8-14(15)17/h2,5,8,12-13H,3-4,6-7,9-10H2,1H3. The molecule has 0 aliphatic carbocycles. The zero-order valence-electron chi connectivity index (χ0n) is 11.3. The van der Waals surface area contributed by atoms with Crippen molar-refractivity contribution in [1.82, 2.24) is 4.90 Å². The quantitative estimate of drug-likeness (QED) is 0.768. The van der Waals surface area contributed by atoms with Crippen molar-refractivity contribution in [2.45, 2.75) is 36.7 Å². The number of nitrogens with zero attached hydrogens (tertiary/aromatic N) is 2. The Kier molecular flexibility index (Phi) is 3.81. The summed E-state index contributed by atoms with van der Waals surface area (Å²) in [6.07, 6.45) is 3.70. The Morgan fingerprint density at radius 1 is 1.26 bits per heavy atom. The Labute approximate surface area is 122 Å². The molecule has 3 rings (SSSR count). The van der Waals surface area contributed by atoms with E-state index in [2.05, 4.69) is 32.8 Å². The number of halogens is 2. The van der Waals surface area contributed by atoms with Crippen molar-refractivity contribution in [3.63, 3.8) is 0 Å². The number of rotatable bonds is 2. The first kappa shape index (κ1) is 13.4. The monoisotopic (exact) mass is 326 g/mol. The van der Waals surface area contributed by atoms with Gasteiger partial charge in [-0.3, -0.25) is 4.90 Å². The minimum atomic E-state index is -0.0858. The molecule has 2 nitrogen and oxygen atoms in total. The highest BCUT2D eigenvalue weighted by Gasteiger charge is 2.35. The number of likely N-dealkylation sites (N-methyl/N-ethyl adjacent to an activating group) is 1. The SMILES string of the molecule is CN1C2CCC1CN(c1ccc(CBr)cc1F)CC2. The Bertz CT molecular complexity index is 465. The molecule has 2 aliphatic rings. The second kappa shape index (κ2) is 5.41. The van der Waals surface area contributed by atoms with Gasteiger partial charge >= 0.3 is 0 Å². The van der Waals surface area contributed by atoms with Crippen molar-refractivity contribution in [3.05, 3.63) is 29.6 Å². The maximum atomic E-state index is 14.2. The van der Waals surface area contributed by atoms with Crippen molar-refractivity contribution in [3.8, 4) is 0 Å². The Morgan fingerprint density at radius 2 is 2.05 bits per heavy atom. The van der Waals surface area contributed by atoms with E-state index in [-0.39, 0.29) is 5.82 Å². The summed E-state index contributed by atoms with van der Waals surface area (Å²) in [6, 6.07) is 6.88. The molecule has 1 aromatic rings. The van der Waals surface area contributed by atoms with Gasteiger partial charge in [-0.25, -0.2) is 4.39 Å². The van der Waals surface area contributed by atoms with Gasteiger partial charge in [-0.15, -0.1) is 0 Å². The number of fused-ring (bicyclic) bond motifs is 2. The average Bonchev–Trinajstić information content (AvgIpc) is 2.64. The van der Waals surface area contributed by atoms with Gasteiger partial charge in [-0.05, 0) is 44.0 Å². The molecule has 0 amide bonds. The Morgan fingerprint density at radius 3 is 2.79 bits per heavy atom. The molecule has 2 heterocycles. The van der Waals surface area contributed by atoms with E-state index in [9.17, 15) is 4.39 Å². The zero-order chi connectivity index (χ0) is 13.4. The van der Waals surface area contributed by atoms with Crippen molar-refractivity contribution >= 4 is 21.6 Å². The maximum absolute atomic E-state index is 14.2. The molecule has 104 valence electrons. The molecular weight excluding hydrogens is 307 g/mol. The highest BCUT2D eigenvalue weighted by molar-refractivity contribution is 9.08. The molecule has 0 spiro atoms. The Balaban J connectivity index is 1.82. The molecular formula is C15H20BrFN2. The van der Waals surface area contributed by atoms with Crippen LogP contribution in [0.15, 0.2) is 18.2 Å². The van der Waals surface area contributed by atoms with E-state index >= 15 is 0 Å². The highest BCUT2D eigenvalue weighted by Crippen LogP contribution is 2.31. The van der Waals surface area contributed by atoms with E-state index in [1.807, 2.05) is 12.1 Å². The lowest BCUT2D eigenvalue weighted by Crippen LogP contribution is -2.36. The molecule has 0 N–H and O–H groups in total. The van der Waals surface area contributed by atoms with E-state index in [1.54, 1.807) is 6.07 Å². The van der Waals surface area contributed by atoms with E-state index in [0.29, 0.717) is 17.4 Å². The van der Waals surface area contributed by atoms with Crippen molar-refractivity contribution in [1.29, 1.82) is 0 Å². The van der Waals surface area contributed by atoms with Crippen molar-refractivity contribution in [2.24, 2.45) is 0 Å². The smallest absolute Gasteiger partial charge is 0.146 e. The molecule has 0 aromatic heterocycles. The summed E-state index contributed by atoms with van der Waals surface area (Å²) in [5, 5.41) is 0.706. The normalized spacial score (nSPS) is 27.6. The van der Waals surface area contributed by atoms with E-state index in [4.69, 9.17) is 0 Å². The summed E-state index contributed by atoms with van der Waals surface area (Å²) in [4.78, 5) is 4.72. The van der Waals surface area contributed by atoms with Crippen molar-refractivity contribution < 1.29 is 4.39 Å². The van der Waals surface area contributed by atoms with Crippen LogP contribution in [-0.2, 0) is 5.33 Å². The highest BCUT2D eigenvalue weighted by atomic mass is 79.9. The lowest BCUT2D eigenvalue weighted by atomic mass is 10.1. The van der Waals surface area contributed by atoms with Crippen LogP contribution < -0.4 is 4.90 Å². The lowest BCUT2D eigenvalue weighted by Gasteiger charge is -2.28. The molecule has 2 unspecified atom stereocenters. The predicted molar refractivity (Wildman–Crippen MR) is 80.4 cm³/mol. The summed E-state index contributed by atoms with van der Waals surface area (Å²) in [7, 11) is 2.22. The number of hydrogen-bond donors (Lipinski definition) is 0. The number of benzene rings is 1. The van der Waals surface area contributed by atoms with Gasteiger partial charge < -0.3 is 4.90 Å². The summed E-state index contributed by atoms with van der Waals surface area (Å²) < 4.78 is 14.2. The van der Waals surface area contributed by atoms with Crippen LogP contribution in [0.3, 0.4) is 0 Å². The largest absolute Gasteiger partial charge is 0.368 e. The van der Waals surface area contributed by atoms with Crippen LogP contribution in [0, 0.1) is 5.82 Å². The molecule has 2 atom stereocenters. The van der Waals surface area contributed by atoms with E-state index in [1.165, 1.54) is 12.8 Å². The lowest BCUT2D eigenvalue weighted by molar-refractivity contribution is 0.254. The number of anilines is 1. The minimum Gasteiger partial charge on any atom is -0.368 e. The maximum Gasteiger partial charge on any atom is 0.146 e. The number of hydrogen-bond acceptors (Lipinski definition) is 2. The number of alkyl halides is 1. The third-order valence-corrected chi connectivity index (χ3v) is 5.30. The van der Waals surface area contributed by atoms with Gasteiger partial charge in [0.2, 0.25) is 0 Å². The van der Waals surface area contributed by atoms with Crippen LogP contribution in [0.25, 0.3) is 0 Å². The fourth-order valence-corrected chi connectivity index (χ4v) is 3.77. The van der Waals surface area contributed by atoms with E-state index in [0.717, 1.165) is 30.8 Å². The second-order valence-corrected chi connectivity index (χ2v) is 6.27.